The molecule has 0 aliphatic heterocycles. The van der Waals surface area contributed by atoms with Crippen LogP contribution in [-0.2, 0) is 37.4 Å². The molecule has 0 saturated heterocycles. The van der Waals surface area contributed by atoms with Crippen LogP contribution in [0.2, 0.25) is 0 Å². The summed E-state index contributed by atoms with van der Waals surface area (Å²) in [4.78, 5) is 37.1. The van der Waals surface area contributed by atoms with Gasteiger partial charge in [0.2, 0.25) is 18.5 Å². The number of hydrogen-bond donors (Lipinski definition) is 3. The molecule has 0 heterocycles. The SMILES string of the molecule is CCCOC(=O)OC(OP(=O)(NC(=N)N(C)C(CC)C(=O)O)OC(OC(=O)OCCC)C(C)CC)C(C)CC. The summed E-state index contributed by atoms with van der Waals surface area (Å²) in [6.07, 6.45) is -2.97. The Balaban J connectivity index is 6.30. The van der Waals surface area contributed by atoms with Gasteiger partial charge in [-0.25, -0.2) is 18.9 Å². The van der Waals surface area contributed by atoms with Crippen LogP contribution < -0.4 is 5.09 Å². The van der Waals surface area contributed by atoms with Crippen molar-refractivity contribution in [2.24, 2.45) is 11.8 Å². The zero-order chi connectivity index (χ0) is 30.2. The van der Waals surface area contributed by atoms with Crippen LogP contribution in [0.15, 0.2) is 0 Å². The van der Waals surface area contributed by atoms with Gasteiger partial charge in [0.05, 0.1) is 13.2 Å². The van der Waals surface area contributed by atoms with Gasteiger partial charge in [0.15, 0.2) is 0 Å². The number of nitrogens with zero attached hydrogens (tertiary/aromatic N) is 1. The first-order chi connectivity index (χ1) is 18.3. The number of carboxylic acid groups (broad SMARTS) is 1. The molecule has 0 aromatic carbocycles. The maximum absolute atomic E-state index is 14.1. The molecule has 0 bridgehead atoms. The number of aliphatic carboxylic acids is 1. The third-order valence-corrected chi connectivity index (χ3v) is 7.17. The van der Waals surface area contributed by atoms with Crippen LogP contribution in [0.25, 0.3) is 0 Å². The third kappa shape index (κ3) is 13.4. The second-order valence-corrected chi connectivity index (χ2v) is 10.6. The van der Waals surface area contributed by atoms with Gasteiger partial charge < -0.3 is 29.0 Å². The molecule has 0 spiro atoms. The fourth-order valence-electron chi connectivity index (χ4n) is 2.83. The van der Waals surface area contributed by atoms with E-state index < -0.39 is 62.4 Å². The number of ether oxygens (including phenoxy) is 4. The molecule has 0 aliphatic carbocycles. The maximum atomic E-state index is 14.1. The molecule has 3 N–H and O–H groups in total. The van der Waals surface area contributed by atoms with Gasteiger partial charge in [-0.2, -0.15) is 0 Å². The summed E-state index contributed by atoms with van der Waals surface area (Å²) in [5.74, 6) is -2.84. The molecular formula is C24H46N3O11P. The van der Waals surface area contributed by atoms with Crippen LogP contribution in [0.4, 0.5) is 9.59 Å². The molecule has 0 aromatic heterocycles. The lowest BCUT2D eigenvalue weighted by molar-refractivity contribution is -0.141. The van der Waals surface area contributed by atoms with Crippen LogP contribution in [0.3, 0.4) is 0 Å². The Morgan fingerprint density at radius 3 is 1.56 bits per heavy atom. The van der Waals surface area contributed by atoms with E-state index in [-0.39, 0.29) is 19.6 Å². The summed E-state index contributed by atoms with van der Waals surface area (Å²) in [5.41, 5.74) is 0. The number of likely N-dealkylation sites (N-methyl/N-ethyl adjacent to an activating group) is 1. The molecule has 0 rings (SSSR count). The van der Waals surface area contributed by atoms with Crippen molar-refractivity contribution in [2.75, 3.05) is 20.3 Å². The zero-order valence-electron chi connectivity index (χ0n) is 24.3. The predicted octanol–water partition coefficient (Wildman–Crippen LogP) is 5.32. The van der Waals surface area contributed by atoms with Crippen LogP contribution in [0.1, 0.15) is 80.6 Å². The molecule has 0 radical (unpaired) electrons. The van der Waals surface area contributed by atoms with E-state index >= 15 is 0 Å². The maximum Gasteiger partial charge on any atom is 0.510 e. The van der Waals surface area contributed by atoms with Crippen LogP contribution >= 0.6 is 7.75 Å². The van der Waals surface area contributed by atoms with Crippen LogP contribution in [0.5, 0.6) is 0 Å². The fraction of sp³-hybridized carbons (Fsp3) is 0.833. The highest BCUT2D eigenvalue weighted by atomic mass is 31.2. The highest BCUT2D eigenvalue weighted by Gasteiger charge is 2.41. The zero-order valence-corrected chi connectivity index (χ0v) is 25.2. The van der Waals surface area contributed by atoms with Gasteiger partial charge in [-0.15, -0.1) is 0 Å². The quantitative estimate of drug-likeness (QED) is 0.0620. The molecule has 228 valence electrons. The van der Waals surface area contributed by atoms with E-state index in [2.05, 4.69) is 5.09 Å². The molecule has 14 nitrogen and oxygen atoms in total. The molecule has 5 unspecified atom stereocenters. The van der Waals surface area contributed by atoms with Crippen molar-refractivity contribution in [2.45, 2.75) is 99.2 Å². The first-order valence-electron chi connectivity index (χ1n) is 13.2. The largest absolute Gasteiger partial charge is 0.510 e. The van der Waals surface area contributed by atoms with Crippen LogP contribution in [-0.4, -0.2) is 73.1 Å². The minimum absolute atomic E-state index is 0.0886. The van der Waals surface area contributed by atoms with Crippen molar-refractivity contribution in [1.29, 1.82) is 5.41 Å². The lowest BCUT2D eigenvalue weighted by Crippen LogP contribution is -2.47. The van der Waals surface area contributed by atoms with Crippen molar-refractivity contribution >= 4 is 32.0 Å². The molecule has 39 heavy (non-hydrogen) atoms. The molecule has 0 aromatic rings. The Bertz CT molecular complexity index is 787. The number of nitrogens with one attached hydrogen (secondary N) is 2. The van der Waals surface area contributed by atoms with E-state index in [4.69, 9.17) is 33.4 Å². The smallest absolute Gasteiger partial charge is 0.480 e. The molecular weight excluding hydrogens is 537 g/mol. The summed E-state index contributed by atoms with van der Waals surface area (Å²) in [6, 6.07) is -1.13. The van der Waals surface area contributed by atoms with Gasteiger partial charge in [-0.05, 0) is 32.1 Å². The highest BCUT2D eigenvalue weighted by molar-refractivity contribution is 7.52. The first kappa shape index (κ1) is 36.4. The van der Waals surface area contributed by atoms with Crippen molar-refractivity contribution in [3.05, 3.63) is 0 Å². The number of guanidine groups is 1. The standard InChI is InChI=1S/C24H46N3O11P/c1-9-14-33-23(30)35-20(16(6)11-3)37-39(32,26-22(25)27(8)18(13-5)19(28)29)38-21(17(7)12-4)36-24(31)34-15-10-2/h16-18,20-21H,9-15H2,1-8H3,(H,28,29)(H2,25,26,32). The molecule has 0 aliphatic rings. The lowest BCUT2D eigenvalue weighted by Gasteiger charge is -2.33. The second kappa shape index (κ2) is 18.7. The first-order valence-corrected chi connectivity index (χ1v) is 14.8. The van der Waals surface area contributed by atoms with E-state index in [1.165, 1.54) is 7.05 Å². The normalized spacial score (nSPS) is 16.4. The van der Waals surface area contributed by atoms with Crippen molar-refractivity contribution < 1.29 is 52.1 Å². The van der Waals surface area contributed by atoms with Gasteiger partial charge in [0.25, 0.3) is 0 Å². The molecule has 5 atom stereocenters. The van der Waals surface area contributed by atoms with E-state index in [1.807, 2.05) is 0 Å². The van der Waals surface area contributed by atoms with Crippen LogP contribution in [0, 0.1) is 17.2 Å². The second-order valence-electron chi connectivity index (χ2n) is 8.98. The minimum Gasteiger partial charge on any atom is -0.480 e. The summed E-state index contributed by atoms with van der Waals surface area (Å²) in [6.45, 7) is 12.3. The Morgan fingerprint density at radius 2 is 1.26 bits per heavy atom. The molecule has 0 saturated carbocycles. The number of hydrogen-bond acceptors (Lipinski definition) is 11. The van der Waals surface area contributed by atoms with Gasteiger partial charge in [0.1, 0.15) is 6.04 Å². The average molecular weight is 584 g/mol. The predicted molar refractivity (Wildman–Crippen MR) is 142 cm³/mol. The summed E-state index contributed by atoms with van der Waals surface area (Å²) in [5, 5.41) is 20.2. The number of carboxylic acids is 1. The summed E-state index contributed by atoms with van der Waals surface area (Å²) < 4.78 is 45.9. The Labute approximate surface area is 231 Å². The van der Waals surface area contributed by atoms with Gasteiger partial charge in [0, 0.05) is 18.9 Å². The van der Waals surface area contributed by atoms with Crippen molar-refractivity contribution in [3.8, 4) is 0 Å². The average Bonchev–Trinajstić information content (AvgIpc) is 2.88. The summed E-state index contributed by atoms with van der Waals surface area (Å²) in [7, 11) is -3.38. The summed E-state index contributed by atoms with van der Waals surface area (Å²) >= 11 is 0. The fourth-order valence-corrected chi connectivity index (χ4v) is 4.45. The van der Waals surface area contributed by atoms with Crippen molar-refractivity contribution in [3.63, 3.8) is 0 Å². The van der Waals surface area contributed by atoms with Gasteiger partial charge in [-0.1, -0.05) is 48.5 Å². The monoisotopic (exact) mass is 583 g/mol. The Morgan fingerprint density at radius 1 is 0.846 bits per heavy atom. The third-order valence-electron chi connectivity index (χ3n) is 5.71. The number of carbonyl (C=O) groups is 3. The van der Waals surface area contributed by atoms with Crippen molar-refractivity contribution in [1.82, 2.24) is 9.99 Å². The van der Waals surface area contributed by atoms with E-state index in [0.29, 0.717) is 25.7 Å². The lowest BCUT2D eigenvalue weighted by atomic mass is 10.1. The van der Waals surface area contributed by atoms with Gasteiger partial charge >= 0.3 is 26.0 Å². The molecule has 0 fully saturated rings. The van der Waals surface area contributed by atoms with E-state index in [9.17, 15) is 24.1 Å². The Kier molecular flexibility index (Phi) is 17.4. The molecule has 15 heteroatoms. The molecule has 0 amide bonds. The van der Waals surface area contributed by atoms with Gasteiger partial charge in [-0.3, -0.25) is 19.5 Å². The Hall–Kier alpha value is -2.57. The highest BCUT2D eigenvalue weighted by Crippen LogP contribution is 2.49. The topological polar surface area (TPSA) is 183 Å². The van der Waals surface area contributed by atoms with E-state index in [1.54, 1.807) is 48.5 Å². The number of rotatable bonds is 18. The van der Waals surface area contributed by atoms with E-state index in [0.717, 1.165) is 4.90 Å². The minimum atomic E-state index is -4.70. The number of carbonyl (C=O) groups excluding carboxylic acids is 2.